The third-order valence-corrected chi connectivity index (χ3v) is 4.39. The molecular formula is C12H16O4S. The summed E-state index contributed by atoms with van der Waals surface area (Å²) in [6.07, 6.45) is 1.46. The van der Waals surface area contributed by atoms with Crippen molar-refractivity contribution in [3.63, 3.8) is 0 Å². The molecule has 1 aliphatic carbocycles. The molecule has 0 heterocycles. The van der Waals surface area contributed by atoms with Crippen LogP contribution >= 0.6 is 0 Å². The molecule has 0 bridgehead atoms. The minimum absolute atomic E-state index is 0.0461. The molecule has 1 aromatic carbocycles. The van der Waals surface area contributed by atoms with E-state index < -0.39 is 16.4 Å². The Balaban J connectivity index is 2.10. The van der Waals surface area contributed by atoms with Crippen LogP contribution in [0.5, 0.6) is 0 Å². The van der Waals surface area contributed by atoms with E-state index in [1.165, 1.54) is 12.1 Å². The monoisotopic (exact) mass is 256 g/mol. The number of benzene rings is 1. The first kappa shape index (κ1) is 12.5. The van der Waals surface area contributed by atoms with Crippen molar-refractivity contribution in [2.75, 3.05) is 0 Å². The van der Waals surface area contributed by atoms with Gasteiger partial charge in [-0.3, -0.25) is 0 Å². The first-order valence-corrected chi connectivity index (χ1v) is 7.08. The fourth-order valence-electron chi connectivity index (χ4n) is 1.69. The van der Waals surface area contributed by atoms with Crippen LogP contribution in [0.2, 0.25) is 0 Å². The number of rotatable bonds is 4. The Morgan fingerprint density at radius 1 is 1.29 bits per heavy atom. The van der Waals surface area contributed by atoms with Crippen molar-refractivity contribution in [2.24, 2.45) is 5.92 Å². The highest BCUT2D eigenvalue weighted by molar-refractivity contribution is 7.86. The zero-order valence-corrected chi connectivity index (χ0v) is 10.5. The molecule has 1 N–H and O–H groups in total. The lowest BCUT2D eigenvalue weighted by Gasteiger charge is -2.29. The molecule has 2 rings (SSSR count). The van der Waals surface area contributed by atoms with E-state index in [0.717, 1.165) is 24.8 Å². The fraction of sp³-hybridized carbons (Fsp3) is 0.500. The van der Waals surface area contributed by atoms with Crippen molar-refractivity contribution in [2.45, 2.75) is 37.4 Å². The lowest BCUT2D eigenvalue weighted by molar-refractivity contribution is -0.0815. The molecule has 1 saturated carbocycles. The average molecular weight is 256 g/mol. The zero-order chi connectivity index (χ0) is 12.5. The van der Waals surface area contributed by atoms with Gasteiger partial charge in [0.1, 0.15) is 0 Å². The van der Waals surface area contributed by atoms with E-state index >= 15 is 0 Å². The SMILES string of the molecule is Cc1ccc(S(=O)(=O)OC(O)C2CCC2)cc1. The zero-order valence-electron chi connectivity index (χ0n) is 9.67. The van der Waals surface area contributed by atoms with Gasteiger partial charge in [-0.1, -0.05) is 24.1 Å². The molecule has 0 saturated heterocycles. The second kappa shape index (κ2) is 4.76. The third-order valence-electron chi connectivity index (χ3n) is 3.09. The van der Waals surface area contributed by atoms with E-state index in [1.54, 1.807) is 12.1 Å². The largest absolute Gasteiger partial charge is 0.367 e. The lowest BCUT2D eigenvalue weighted by Crippen LogP contribution is -2.31. The molecule has 0 aliphatic heterocycles. The smallest absolute Gasteiger partial charge is 0.299 e. The summed E-state index contributed by atoms with van der Waals surface area (Å²) in [5.41, 5.74) is 0.975. The predicted octanol–water partition coefficient (Wildman–Crippen LogP) is 1.82. The molecule has 0 amide bonds. The van der Waals surface area contributed by atoms with Gasteiger partial charge in [0.05, 0.1) is 4.90 Å². The topological polar surface area (TPSA) is 63.6 Å². The first-order valence-electron chi connectivity index (χ1n) is 5.67. The quantitative estimate of drug-likeness (QED) is 0.659. The van der Waals surface area contributed by atoms with Crippen LogP contribution in [-0.2, 0) is 14.3 Å². The van der Waals surface area contributed by atoms with E-state index in [9.17, 15) is 13.5 Å². The van der Waals surface area contributed by atoms with Gasteiger partial charge in [0.2, 0.25) is 0 Å². The predicted molar refractivity (Wildman–Crippen MR) is 62.8 cm³/mol. The normalized spacial score (nSPS) is 18.7. The standard InChI is InChI=1S/C12H16O4S/c1-9-5-7-11(8-6-9)17(14,15)16-12(13)10-3-2-4-10/h5-8,10,12-13H,2-4H2,1H3. The minimum Gasteiger partial charge on any atom is -0.367 e. The second-order valence-corrected chi connectivity index (χ2v) is 6.02. The number of aliphatic hydroxyl groups excluding tert-OH is 1. The summed E-state index contributed by atoms with van der Waals surface area (Å²) in [6, 6.07) is 6.37. The number of hydrogen-bond donors (Lipinski definition) is 1. The lowest BCUT2D eigenvalue weighted by atomic mass is 9.85. The van der Waals surface area contributed by atoms with Gasteiger partial charge in [0.15, 0.2) is 6.29 Å². The maximum absolute atomic E-state index is 11.8. The molecule has 0 radical (unpaired) electrons. The molecule has 5 heteroatoms. The highest BCUT2D eigenvalue weighted by Gasteiger charge is 2.30. The molecule has 1 aromatic rings. The van der Waals surface area contributed by atoms with Gasteiger partial charge >= 0.3 is 0 Å². The fourth-order valence-corrected chi connectivity index (χ4v) is 2.69. The highest BCUT2D eigenvalue weighted by Crippen LogP contribution is 2.31. The Morgan fingerprint density at radius 2 is 1.88 bits per heavy atom. The van der Waals surface area contributed by atoms with Crippen molar-refractivity contribution in [1.82, 2.24) is 0 Å². The van der Waals surface area contributed by atoms with E-state index in [2.05, 4.69) is 0 Å². The number of aliphatic hydroxyl groups is 1. The van der Waals surface area contributed by atoms with Crippen LogP contribution in [0.1, 0.15) is 24.8 Å². The van der Waals surface area contributed by atoms with Crippen LogP contribution in [0.4, 0.5) is 0 Å². The van der Waals surface area contributed by atoms with Crippen molar-refractivity contribution >= 4 is 10.1 Å². The van der Waals surface area contributed by atoms with Crippen LogP contribution in [0, 0.1) is 12.8 Å². The Labute approximate surface area is 101 Å². The summed E-state index contributed by atoms with van der Waals surface area (Å²) < 4.78 is 28.4. The molecular weight excluding hydrogens is 240 g/mol. The highest BCUT2D eigenvalue weighted by atomic mass is 32.2. The van der Waals surface area contributed by atoms with E-state index in [1.807, 2.05) is 6.92 Å². The van der Waals surface area contributed by atoms with E-state index in [0.29, 0.717) is 0 Å². The molecule has 0 spiro atoms. The van der Waals surface area contributed by atoms with Crippen LogP contribution in [0.3, 0.4) is 0 Å². The van der Waals surface area contributed by atoms with Crippen LogP contribution in [0.25, 0.3) is 0 Å². The molecule has 1 fully saturated rings. The summed E-state index contributed by atoms with van der Waals surface area (Å²) in [5.74, 6) is -0.0461. The van der Waals surface area contributed by atoms with E-state index in [-0.39, 0.29) is 10.8 Å². The first-order chi connectivity index (χ1) is 7.99. The van der Waals surface area contributed by atoms with Gasteiger partial charge in [-0.15, -0.1) is 0 Å². The summed E-state index contributed by atoms with van der Waals surface area (Å²) in [5, 5.41) is 9.62. The summed E-state index contributed by atoms with van der Waals surface area (Å²) in [7, 11) is -3.85. The van der Waals surface area contributed by atoms with Crippen molar-refractivity contribution in [3.8, 4) is 0 Å². The van der Waals surface area contributed by atoms with Crippen LogP contribution < -0.4 is 0 Å². The Hall–Kier alpha value is -0.910. The van der Waals surface area contributed by atoms with Crippen molar-refractivity contribution < 1.29 is 17.7 Å². The minimum atomic E-state index is -3.85. The second-order valence-electron chi connectivity index (χ2n) is 4.44. The molecule has 1 atom stereocenters. The van der Waals surface area contributed by atoms with E-state index in [4.69, 9.17) is 4.18 Å². The van der Waals surface area contributed by atoms with Crippen LogP contribution in [-0.4, -0.2) is 19.8 Å². The molecule has 0 aromatic heterocycles. The average Bonchev–Trinajstić information content (AvgIpc) is 2.14. The van der Waals surface area contributed by atoms with Gasteiger partial charge in [0, 0.05) is 5.92 Å². The molecule has 1 aliphatic rings. The van der Waals surface area contributed by atoms with Crippen LogP contribution in [0.15, 0.2) is 29.2 Å². The summed E-state index contributed by atoms with van der Waals surface area (Å²) in [6.45, 7) is 1.88. The maximum Gasteiger partial charge on any atom is 0.299 e. The van der Waals surface area contributed by atoms with Gasteiger partial charge in [-0.2, -0.15) is 8.42 Å². The molecule has 17 heavy (non-hydrogen) atoms. The van der Waals surface area contributed by atoms with Crippen molar-refractivity contribution in [1.29, 1.82) is 0 Å². The number of hydrogen-bond acceptors (Lipinski definition) is 4. The Kier molecular flexibility index (Phi) is 3.51. The Morgan fingerprint density at radius 3 is 2.35 bits per heavy atom. The van der Waals surface area contributed by atoms with Gasteiger partial charge in [0.25, 0.3) is 10.1 Å². The molecule has 1 unspecified atom stereocenters. The Bertz CT molecular complexity index is 474. The summed E-state index contributed by atoms with van der Waals surface area (Å²) in [4.78, 5) is 0.0847. The van der Waals surface area contributed by atoms with Gasteiger partial charge in [-0.25, -0.2) is 4.18 Å². The maximum atomic E-state index is 11.8. The van der Waals surface area contributed by atoms with Gasteiger partial charge < -0.3 is 5.11 Å². The summed E-state index contributed by atoms with van der Waals surface area (Å²) >= 11 is 0. The van der Waals surface area contributed by atoms with Gasteiger partial charge in [-0.05, 0) is 31.9 Å². The van der Waals surface area contributed by atoms with Crippen molar-refractivity contribution in [3.05, 3.63) is 29.8 Å². The molecule has 94 valence electrons. The number of aryl methyl sites for hydroxylation is 1. The molecule has 4 nitrogen and oxygen atoms in total. The third kappa shape index (κ3) is 2.86.